The summed E-state index contributed by atoms with van der Waals surface area (Å²) in [4.78, 5) is 10.7. The van der Waals surface area contributed by atoms with Gasteiger partial charge in [-0.15, -0.1) is 0 Å². The number of carbonyl (C=O) groups is 1. The van der Waals surface area contributed by atoms with Gasteiger partial charge in [-0.2, -0.15) is 0 Å². The molecule has 15 heavy (non-hydrogen) atoms. The highest BCUT2D eigenvalue weighted by atomic mass is 16.5. The molecule has 0 unspecified atom stereocenters. The zero-order valence-electron chi connectivity index (χ0n) is 11.2. The van der Waals surface area contributed by atoms with Crippen molar-refractivity contribution in [2.45, 2.75) is 24.4 Å². The molecular weight excluding hydrogens is 204 g/mol. The molecule has 6 heteroatoms. The Labute approximate surface area is 93.0 Å². The Balaban J connectivity index is 4.57. The average molecular weight is 225 g/mol. The predicted molar refractivity (Wildman–Crippen MR) is 51.5 cm³/mol. The largest absolute Gasteiger partial charge is 0.388 e. The maximum Gasteiger partial charge on any atom is 0.151 e. The highest BCUT2D eigenvalue weighted by Gasteiger charge is 2.33. The lowest BCUT2D eigenvalue weighted by molar-refractivity contribution is -0.149. The number of carbonyl (C=O) groups excluding carboxylic acids is 1. The molecule has 0 amide bonds. The van der Waals surface area contributed by atoms with Crippen molar-refractivity contribution in [3.05, 3.63) is 0 Å². The second-order valence-corrected chi connectivity index (χ2v) is 2.83. The van der Waals surface area contributed by atoms with Gasteiger partial charge in [0.05, 0.1) is 10.7 Å². The van der Waals surface area contributed by atoms with Crippen LogP contribution in [0.25, 0.3) is 0 Å². The fourth-order valence-electron chi connectivity index (χ4n) is 1.04. The van der Waals surface area contributed by atoms with E-state index >= 15 is 0 Å². The van der Waals surface area contributed by atoms with Crippen molar-refractivity contribution < 1.29 is 33.3 Å². The van der Waals surface area contributed by atoms with Crippen LogP contribution < -0.4 is 0 Å². The third-order valence-electron chi connectivity index (χ3n) is 1.86. The van der Waals surface area contributed by atoms with Crippen LogP contribution in [0.5, 0.6) is 0 Å². The number of hydrogen-bond donors (Lipinski definition) is 2. The number of aliphatic hydroxyl groups is 2. The average Bonchev–Trinajstić information content (AvgIpc) is 2.39. The molecule has 0 bridgehead atoms. The smallest absolute Gasteiger partial charge is 0.151 e. The lowest BCUT2D eigenvalue weighted by atomic mass is 10.0. The monoisotopic (exact) mass is 225 g/mol. The van der Waals surface area contributed by atoms with Crippen LogP contribution in [0, 0.1) is 0 Å². The Morgan fingerprint density at radius 2 is 2.07 bits per heavy atom. The molecular formula is C9H18O6. The number of methoxy groups -OCH3 is 3. The molecule has 0 radical (unpaired) electrons. The molecule has 90 valence electrons. The van der Waals surface area contributed by atoms with E-state index in [9.17, 15) is 15.0 Å². The van der Waals surface area contributed by atoms with E-state index in [1.807, 2.05) is 0 Å². The second-order valence-electron chi connectivity index (χ2n) is 2.83. The number of rotatable bonds is 8. The summed E-state index contributed by atoms with van der Waals surface area (Å²) in [6.07, 6.45) is -5.11. The summed E-state index contributed by atoms with van der Waals surface area (Å²) in [5.41, 5.74) is 0. The highest BCUT2D eigenvalue weighted by Crippen LogP contribution is 2.10. The normalized spacial score (nSPS) is 21.9. The van der Waals surface area contributed by atoms with E-state index in [-0.39, 0.29) is 13.7 Å². The van der Waals surface area contributed by atoms with Crippen molar-refractivity contribution in [3.8, 4) is 0 Å². The third-order valence-corrected chi connectivity index (χ3v) is 1.86. The Morgan fingerprint density at radius 1 is 1.33 bits per heavy atom. The Morgan fingerprint density at radius 3 is 2.60 bits per heavy atom. The highest BCUT2D eigenvalue weighted by molar-refractivity contribution is 5.57. The van der Waals surface area contributed by atoms with Crippen LogP contribution >= 0.6 is 0 Å². The standard InChI is InChI=1S/C9H18O6/c1-13-5-6(11)8(12)9(15-3)7(4-10)14-2/h4,6-9,11-12H,5H2,1-3H3/t6-,7-,8-,9-/m1/s1/i1D,2D,3D. The molecule has 0 aromatic rings. The lowest BCUT2D eigenvalue weighted by Crippen LogP contribution is -2.48. The van der Waals surface area contributed by atoms with E-state index in [0.717, 1.165) is 0 Å². The lowest BCUT2D eigenvalue weighted by Gasteiger charge is -2.28. The summed E-state index contributed by atoms with van der Waals surface area (Å²) in [7, 11) is -1.44. The zero-order valence-corrected chi connectivity index (χ0v) is 8.24. The zero-order chi connectivity index (χ0) is 14.0. The summed E-state index contributed by atoms with van der Waals surface area (Å²) in [6, 6.07) is 0. The van der Waals surface area contributed by atoms with Crippen molar-refractivity contribution in [2.75, 3.05) is 27.9 Å². The van der Waals surface area contributed by atoms with Gasteiger partial charge in [0.15, 0.2) is 6.29 Å². The first-order chi connectivity index (χ1) is 8.62. The minimum Gasteiger partial charge on any atom is -0.388 e. The summed E-state index contributed by atoms with van der Waals surface area (Å²) < 4.78 is 34.6. The number of aliphatic hydroxyl groups excluding tert-OH is 2. The molecule has 0 spiro atoms. The Kier molecular flexibility index (Phi) is 4.98. The maximum absolute atomic E-state index is 10.7. The van der Waals surface area contributed by atoms with Crippen molar-refractivity contribution in [2.24, 2.45) is 0 Å². The summed E-state index contributed by atoms with van der Waals surface area (Å²) in [5, 5.41) is 19.3. The van der Waals surface area contributed by atoms with Crippen LogP contribution in [0.4, 0.5) is 0 Å². The van der Waals surface area contributed by atoms with Gasteiger partial charge in [0.1, 0.15) is 24.4 Å². The topological polar surface area (TPSA) is 85.2 Å². The third kappa shape index (κ3) is 4.23. The minimum atomic E-state index is -1.52. The maximum atomic E-state index is 10.7. The van der Waals surface area contributed by atoms with Crippen LogP contribution in [0.2, 0.25) is 0 Å². The van der Waals surface area contributed by atoms with E-state index in [1.54, 1.807) is 0 Å². The van der Waals surface area contributed by atoms with E-state index in [4.69, 9.17) is 13.6 Å². The number of ether oxygens (including phenoxy) is 3. The molecule has 0 heterocycles. The molecule has 0 fully saturated rings. The predicted octanol–water partition coefficient (Wildman–Crippen LogP) is -1.42. The number of aldehydes is 1. The van der Waals surface area contributed by atoms with Gasteiger partial charge in [0.25, 0.3) is 0 Å². The van der Waals surface area contributed by atoms with E-state index in [2.05, 4.69) is 4.74 Å². The first-order valence-corrected chi connectivity index (χ1v) is 4.12. The molecule has 0 aliphatic rings. The van der Waals surface area contributed by atoms with Gasteiger partial charge in [0.2, 0.25) is 0 Å². The Bertz CT molecular complexity index is 220. The molecule has 4 atom stereocenters. The van der Waals surface area contributed by atoms with Gasteiger partial charge in [-0.05, 0) is 0 Å². The quantitative estimate of drug-likeness (QED) is 0.493. The fraction of sp³-hybridized carbons (Fsp3) is 0.889. The van der Waals surface area contributed by atoms with E-state index < -0.39 is 38.6 Å². The fourth-order valence-corrected chi connectivity index (χ4v) is 1.04. The summed E-state index contributed by atoms with van der Waals surface area (Å²) >= 11 is 0. The molecule has 0 aromatic heterocycles. The van der Waals surface area contributed by atoms with Crippen LogP contribution in [-0.4, -0.2) is 68.8 Å². The molecule has 2 N–H and O–H groups in total. The van der Waals surface area contributed by atoms with Gasteiger partial charge >= 0.3 is 0 Å². The van der Waals surface area contributed by atoms with E-state index in [1.165, 1.54) is 0 Å². The van der Waals surface area contributed by atoms with Crippen molar-refractivity contribution in [1.29, 1.82) is 0 Å². The SMILES string of the molecule is [2H]COC[C@@H](O)[C@@H](O)[C@H](OC[2H])[C@@H](C=O)OC[2H]. The number of hydrogen-bond acceptors (Lipinski definition) is 6. The molecule has 0 aliphatic heterocycles. The molecule has 0 rings (SSSR count). The molecule has 0 aliphatic carbocycles. The van der Waals surface area contributed by atoms with Gasteiger partial charge < -0.3 is 29.2 Å². The van der Waals surface area contributed by atoms with Crippen LogP contribution in [-0.2, 0) is 19.0 Å². The van der Waals surface area contributed by atoms with Crippen LogP contribution in [0.1, 0.15) is 4.11 Å². The summed E-state index contributed by atoms with van der Waals surface area (Å²) in [5.74, 6) is 0. The molecule has 0 aromatic carbocycles. The van der Waals surface area contributed by atoms with Gasteiger partial charge in [-0.25, -0.2) is 0 Å². The molecule has 6 nitrogen and oxygen atoms in total. The van der Waals surface area contributed by atoms with E-state index in [0.29, 0.717) is 6.29 Å². The van der Waals surface area contributed by atoms with Crippen LogP contribution in [0.15, 0.2) is 0 Å². The first kappa shape index (κ1) is 9.68. The first-order valence-electron chi connectivity index (χ1n) is 6.24. The second kappa shape index (κ2) is 7.72. The molecule has 0 saturated carbocycles. The van der Waals surface area contributed by atoms with Crippen molar-refractivity contribution in [1.82, 2.24) is 0 Å². The minimum absolute atomic E-state index is 0.311. The summed E-state index contributed by atoms with van der Waals surface area (Å²) in [6.45, 7) is -0.311. The Hall–Kier alpha value is -0.530. The van der Waals surface area contributed by atoms with Gasteiger partial charge in [-0.3, -0.25) is 0 Å². The molecule has 0 saturated heterocycles. The van der Waals surface area contributed by atoms with Crippen LogP contribution in [0.3, 0.4) is 0 Å². The van der Waals surface area contributed by atoms with Crippen molar-refractivity contribution >= 4 is 6.29 Å². The van der Waals surface area contributed by atoms with Crippen molar-refractivity contribution in [3.63, 3.8) is 0 Å². The van der Waals surface area contributed by atoms with Gasteiger partial charge in [0, 0.05) is 21.3 Å². The van der Waals surface area contributed by atoms with Gasteiger partial charge in [-0.1, -0.05) is 0 Å².